The predicted molar refractivity (Wildman–Crippen MR) is 93.4 cm³/mol. The van der Waals surface area contributed by atoms with E-state index in [-0.39, 0.29) is 30.0 Å². The Hall–Kier alpha value is -2.96. The molecule has 2 aromatic rings. The number of hydrogen-bond acceptors (Lipinski definition) is 3. The third kappa shape index (κ3) is 5.87. The van der Waals surface area contributed by atoms with Crippen LogP contribution < -0.4 is 16.0 Å². The summed E-state index contributed by atoms with van der Waals surface area (Å²) >= 11 is 0. The van der Waals surface area contributed by atoms with Gasteiger partial charge in [0.1, 0.15) is 11.6 Å². The van der Waals surface area contributed by atoms with Gasteiger partial charge < -0.3 is 16.0 Å². The molecule has 0 aromatic heterocycles. The van der Waals surface area contributed by atoms with E-state index >= 15 is 0 Å². The molecule has 2 rings (SSSR count). The lowest BCUT2D eigenvalue weighted by Crippen LogP contribution is -2.24. The minimum absolute atomic E-state index is 0.0638. The molecule has 0 heterocycles. The van der Waals surface area contributed by atoms with E-state index in [2.05, 4.69) is 16.0 Å². The van der Waals surface area contributed by atoms with E-state index in [4.69, 9.17) is 0 Å². The molecule has 5 nitrogen and oxygen atoms in total. The van der Waals surface area contributed by atoms with Crippen molar-refractivity contribution in [2.24, 2.45) is 0 Å². The molecule has 0 bridgehead atoms. The van der Waals surface area contributed by atoms with Crippen molar-refractivity contribution in [3.8, 4) is 0 Å². The third-order valence-corrected chi connectivity index (χ3v) is 3.29. The number of halogens is 2. The summed E-state index contributed by atoms with van der Waals surface area (Å²) in [5.41, 5.74) is 1.01. The monoisotopic (exact) mass is 347 g/mol. The first-order chi connectivity index (χ1) is 11.8. The van der Waals surface area contributed by atoms with E-state index in [9.17, 15) is 18.4 Å². The average molecular weight is 347 g/mol. The zero-order valence-electron chi connectivity index (χ0n) is 13.9. The molecule has 0 aliphatic heterocycles. The highest BCUT2D eigenvalue weighted by molar-refractivity contribution is 5.91. The van der Waals surface area contributed by atoms with Crippen molar-refractivity contribution >= 4 is 28.9 Å². The van der Waals surface area contributed by atoms with Gasteiger partial charge in [-0.3, -0.25) is 9.59 Å². The number of carbonyl (C=O) groups is 2. The maximum absolute atomic E-state index is 13.6. The number of anilines is 3. The molecule has 0 saturated carbocycles. The van der Waals surface area contributed by atoms with Gasteiger partial charge in [-0.25, -0.2) is 8.78 Å². The fourth-order valence-electron chi connectivity index (χ4n) is 2.29. The zero-order chi connectivity index (χ0) is 18.4. The quantitative estimate of drug-likeness (QED) is 0.745. The summed E-state index contributed by atoms with van der Waals surface area (Å²) in [6, 6.07) is 9.57. The van der Waals surface area contributed by atoms with Crippen LogP contribution in [-0.2, 0) is 9.59 Å². The number of rotatable bonds is 6. The van der Waals surface area contributed by atoms with Crippen molar-refractivity contribution in [3.63, 3.8) is 0 Å². The SMILES string of the molecule is CC(=O)Nc1cc(NC(C)CC(=O)Nc2cccc(F)c2)ccc1F. The summed E-state index contributed by atoms with van der Waals surface area (Å²) in [6.45, 7) is 3.07. The van der Waals surface area contributed by atoms with E-state index < -0.39 is 11.6 Å². The average Bonchev–Trinajstić information content (AvgIpc) is 2.49. The molecule has 0 spiro atoms. The summed E-state index contributed by atoms with van der Waals surface area (Å²) in [6.07, 6.45) is 0.128. The van der Waals surface area contributed by atoms with Crippen molar-refractivity contribution in [3.05, 3.63) is 54.1 Å². The first-order valence-electron chi connectivity index (χ1n) is 7.72. The van der Waals surface area contributed by atoms with Crippen LogP contribution in [0.25, 0.3) is 0 Å². The van der Waals surface area contributed by atoms with Crippen LogP contribution in [0.2, 0.25) is 0 Å². The molecule has 25 heavy (non-hydrogen) atoms. The van der Waals surface area contributed by atoms with E-state index in [0.29, 0.717) is 11.4 Å². The molecule has 7 heteroatoms. The standard InChI is InChI=1S/C18H19F2N3O2/c1-11(8-18(25)23-14-5-3-4-13(19)9-14)21-15-6-7-16(20)17(10-15)22-12(2)24/h3-7,9-11,21H,8H2,1-2H3,(H,22,24)(H,23,25). The maximum Gasteiger partial charge on any atom is 0.226 e. The third-order valence-electron chi connectivity index (χ3n) is 3.29. The zero-order valence-corrected chi connectivity index (χ0v) is 13.9. The Morgan fingerprint density at radius 1 is 1.04 bits per heavy atom. The summed E-state index contributed by atoms with van der Waals surface area (Å²) in [7, 11) is 0. The van der Waals surface area contributed by atoms with Crippen LogP contribution in [-0.4, -0.2) is 17.9 Å². The van der Waals surface area contributed by atoms with Crippen LogP contribution in [0.4, 0.5) is 25.8 Å². The van der Waals surface area contributed by atoms with Gasteiger partial charge in [-0.2, -0.15) is 0 Å². The number of amides is 2. The molecular weight excluding hydrogens is 328 g/mol. The molecule has 1 unspecified atom stereocenters. The van der Waals surface area contributed by atoms with Gasteiger partial charge in [-0.05, 0) is 43.3 Å². The summed E-state index contributed by atoms with van der Waals surface area (Å²) in [5, 5.41) is 8.06. The molecule has 2 amide bonds. The van der Waals surface area contributed by atoms with Crippen LogP contribution in [0.3, 0.4) is 0 Å². The highest BCUT2D eigenvalue weighted by Crippen LogP contribution is 2.21. The van der Waals surface area contributed by atoms with Crippen LogP contribution >= 0.6 is 0 Å². The van der Waals surface area contributed by atoms with Gasteiger partial charge in [0.2, 0.25) is 11.8 Å². The van der Waals surface area contributed by atoms with Crippen molar-refractivity contribution < 1.29 is 18.4 Å². The van der Waals surface area contributed by atoms with Gasteiger partial charge >= 0.3 is 0 Å². The van der Waals surface area contributed by atoms with Crippen LogP contribution in [0.15, 0.2) is 42.5 Å². The predicted octanol–water partition coefficient (Wildman–Crippen LogP) is 3.75. The Kier molecular flexibility index (Phi) is 6.05. The molecule has 1 atom stereocenters. The molecule has 3 N–H and O–H groups in total. The maximum atomic E-state index is 13.6. The van der Waals surface area contributed by atoms with Crippen molar-refractivity contribution in [2.75, 3.05) is 16.0 Å². The van der Waals surface area contributed by atoms with E-state index in [1.165, 1.54) is 43.3 Å². The van der Waals surface area contributed by atoms with Gasteiger partial charge in [-0.1, -0.05) is 6.07 Å². The Labute approximate surface area is 144 Å². The Bertz CT molecular complexity index is 781. The van der Waals surface area contributed by atoms with E-state index in [0.717, 1.165) is 0 Å². The molecule has 2 aromatic carbocycles. The molecule has 0 aliphatic carbocycles. The highest BCUT2D eigenvalue weighted by Gasteiger charge is 2.11. The minimum atomic E-state index is -0.544. The smallest absolute Gasteiger partial charge is 0.226 e. The number of carbonyl (C=O) groups excluding carboxylic acids is 2. The first-order valence-corrected chi connectivity index (χ1v) is 7.72. The topological polar surface area (TPSA) is 70.2 Å². The first kappa shape index (κ1) is 18.4. The molecule has 132 valence electrons. The van der Waals surface area contributed by atoms with Crippen LogP contribution in [0.5, 0.6) is 0 Å². The fourth-order valence-corrected chi connectivity index (χ4v) is 2.29. The lowest BCUT2D eigenvalue weighted by atomic mass is 10.2. The molecule has 0 fully saturated rings. The molecule has 0 saturated heterocycles. The summed E-state index contributed by atoms with van der Waals surface area (Å²) < 4.78 is 26.7. The number of hydrogen-bond donors (Lipinski definition) is 3. The lowest BCUT2D eigenvalue weighted by Gasteiger charge is -2.16. The van der Waals surface area contributed by atoms with Gasteiger partial charge in [-0.15, -0.1) is 0 Å². The Balaban J connectivity index is 1.94. The van der Waals surface area contributed by atoms with Crippen molar-refractivity contribution in [1.82, 2.24) is 0 Å². The fraction of sp³-hybridized carbons (Fsp3) is 0.222. The second-order valence-corrected chi connectivity index (χ2v) is 5.68. The van der Waals surface area contributed by atoms with Crippen molar-refractivity contribution in [2.45, 2.75) is 26.3 Å². The highest BCUT2D eigenvalue weighted by atomic mass is 19.1. The van der Waals surface area contributed by atoms with Gasteiger partial charge in [0.05, 0.1) is 5.69 Å². The largest absolute Gasteiger partial charge is 0.382 e. The lowest BCUT2D eigenvalue weighted by molar-refractivity contribution is -0.116. The normalized spacial score (nSPS) is 11.5. The Morgan fingerprint density at radius 3 is 2.48 bits per heavy atom. The van der Waals surface area contributed by atoms with Crippen LogP contribution in [0, 0.1) is 11.6 Å². The number of benzene rings is 2. The van der Waals surface area contributed by atoms with E-state index in [1.54, 1.807) is 13.0 Å². The summed E-state index contributed by atoms with van der Waals surface area (Å²) in [4.78, 5) is 23.1. The van der Waals surface area contributed by atoms with Gasteiger partial charge in [0, 0.05) is 30.8 Å². The molecule has 0 radical (unpaired) electrons. The molecular formula is C18H19F2N3O2. The number of nitrogens with one attached hydrogen (secondary N) is 3. The van der Waals surface area contributed by atoms with E-state index in [1.807, 2.05) is 0 Å². The van der Waals surface area contributed by atoms with Crippen LogP contribution in [0.1, 0.15) is 20.3 Å². The minimum Gasteiger partial charge on any atom is -0.382 e. The summed E-state index contributed by atoms with van der Waals surface area (Å²) in [5.74, 6) is -1.63. The second kappa shape index (κ2) is 8.23. The van der Waals surface area contributed by atoms with Gasteiger partial charge in [0.25, 0.3) is 0 Å². The second-order valence-electron chi connectivity index (χ2n) is 5.68. The Morgan fingerprint density at radius 2 is 1.80 bits per heavy atom. The molecule has 0 aliphatic rings. The van der Waals surface area contributed by atoms with Gasteiger partial charge in [0.15, 0.2) is 0 Å². The van der Waals surface area contributed by atoms with Crippen molar-refractivity contribution in [1.29, 1.82) is 0 Å².